The third kappa shape index (κ3) is 37.7. The standard InChI is InChI=1S/C44H72O5/c1-3-5-7-9-11-13-15-17-18-19-20-21-22-23-24-25-27-29-31-33-35-37-39-44(47)49-42(40-45)41-48-43(46)38-36-34-32-30-28-26-16-14-12-10-8-6-4-2/h5-8,10-14,16-18,20-21,42,45H,3-4,9,15,19,22-41H2,1-2H3/b7-5+,8-6+,12-10+,13-11+,16-14+,18-17+,21-20+. The van der Waals surface area contributed by atoms with Gasteiger partial charge in [-0.05, 0) is 70.6 Å². The van der Waals surface area contributed by atoms with Crippen molar-refractivity contribution in [3.05, 3.63) is 85.1 Å². The van der Waals surface area contributed by atoms with E-state index in [1.807, 2.05) is 6.08 Å². The highest BCUT2D eigenvalue weighted by Crippen LogP contribution is 2.13. The topological polar surface area (TPSA) is 72.8 Å². The maximum Gasteiger partial charge on any atom is 0.306 e. The van der Waals surface area contributed by atoms with Crippen LogP contribution in [0.1, 0.15) is 162 Å². The number of ether oxygens (including phenoxy) is 2. The SMILES string of the molecule is CC/C=C/C=C/C=C/CCCCCCCC(=O)OCC(CO)OC(=O)CCCCCCCCCCC/C=C/C/C=C/C/C=C/C/C=C/CC. The van der Waals surface area contributed by atoms with Gasteiger partial charge in [-0.2, -0.15) is 0 Å². The Morgan fingerprint density at radius 3 is 1.45 bits per heavy atom. The number of hydrogen-bond donors (Lipinski definition) is 1. The van der Waals surface area contributed by atoms with Crippen molar-refractivity contribution < 1.29 is 24.2 Å². The molecule has 5 nitrogen and oxygen atoms in total. The van der Waals surface area contributed by atoms with Gasteiger partial charge in [-0.3, -0.25) is 9.59 Å². The van der Waals surface area contributed by atoms with Crippen LogP contribution >= 0.6 is 0 Å². The fourth-order valence-electron chi connectivity index (χ4n) is 5.07. The van der Waals surface area contributed by atoms with Crippen LogP contribution in [0, 0.1) is 0 Å². The Bertz CT molecular complexity index is 952. The highest BCUT2D eigenvalue weighted by atomic mass is 16.6. The normalized spacial score (nSPS) is 13.1. The minimum atomic E-state index is -0.787. The molecule has 1 unspecified atom stereocenters. The van der Waals surface area contributed by atoms with Gasteiger partial charge in [0.25, 0.3) is 0 Å². The molecule has 0 aromatic heterocycles. The molecule has 278 valence electrons. The van der Waals surface area contributed by atoms with Crippen LogP contribution in [0.5, 0.6) is 0 Å². The summed E-state index contributed by atoms with van der Waals surface area (Å²) in [7, 11) is 0. The van der Waals surface area contributed by atoms with Gasteiger partial charge in [0.15, 0.2) is 6.10 Å². The molecule has 0 saturated carbocycles. The maximum atomic E-state index is 12.2. The van der Waals surface area contributed by atoms with E-state index in [0.29, 0.717) is 12.8 Å². The van der Waals surface area contributed by atoms with E-state index in [4.69, 9.17) is 9.47 Å². The van der Waals surface area contributed by atoms with Gasteiger partial charge in [0.05, 0.1) is 6.61 Å². The first-order valence-corrected chi connectivity index (χ1v) is 19.7. The fraction of sp³-hybridized carbons (Fsp3) is 0.636. The Morgan fingerprint density at radius 2 is 0.918 bits per heavy atom. The number of esters is 2. The van der Waals surface area contributed by atoms with Crippen LogP contribution in [0.25, 0.3) is 0 Å². The van der Waals surface area contributed by atoms with Gasteiger partial charge in [-0.25, -0.2) is 0 Å². The van der Waals surface area contributed by atoms with Crippen molar-refractivity contribution in [2.45, 2.75) is 168 Å². The minimum absolute atomic E-state index is 0.0838. The van der Waals surface area contributed by atoms with Crippen LogP contribution in [0.15, 0.2) is 85.1 Å². The van der Waals surface area contributed by atoms with Gasteiger partial charge < -0.3 is 14.6 Å². The molecule has 0 bridgehead atoms. The zero-order valence-electron chi connectivity index (χ0n) is 31.4. The summed E-state index contributed by atoms with van der Waals surface area (Å²) in [5.41, 5.74) is 0. The van der Waals surface area contributed by atoms with E-state index in [0.717, 1.165) is 89.9 Å². The Balaban J connectivity index is 3.60. The van der Waals surface area contributed by atoms with E-state index in [1.54, 1.807) is 0 Å². The maximum absolute atomic E-state index is 12.2. The molecule has 0 aliphatic heterocycles. The number of hydrogen-bond acceptors (Lipinski definition) is 5. The van der Waals surface area contributed by atoms with Crippen molar-refractivity contribution >= 4 is 11.9 Å². The predicted molar refractivity (Wildman–Crippen MR) is 209 cm³/mol. The quantitative estimate of drug-likeness (QED) is 0.0317. The van der Waals surface area contributed by atoms with Crippen molar-refractivity contribution in [1.82, 2.24) is 0 Å². The van der Waals surface area contributed by atoms with Gasteiger partial charge in [-0.15, -0.1) is 0 Å². The van der Waals surface area contributed by atoms with Gasteiger partial charge >= 0.3 is 11.9 Å². The van der Waals surface area contributed by atoms with Crippen LogP contribution in [0.2, 0.25) is 0 Å². The van der Waals surface area contributed by atoms with Gasteiger partial charge in [-0.1, -0.05) is 163 Å². The van der Waals surface area contributed by atoms with Crippen LogP contribution in [0.4, 0.5) is 0 Å². The highest BCUT2D eigenvalue weighted by molar-refractivity contribution is 5.70. The predicted octanol–water partition coefficient (Wildman–Crippen LogP) is 12.3. The zero-order valence-corrected chi connectivity index (χ0v) is 31.4. The largest absolute Gasteiger partial charge is 0.462 e. The molecule has 0 aromatic rings. The molecule has 0 fully saturated rings. The molecule has 1 N–H and O–H groups in total. The Labute approximate surface area is 301 Å². The van der Waals surface area contributed by atoms with Crippen molar-refractivity contribution in [3.8, 4) is 0 Å². The Hall–Kier alpha value is -2.92. The number of carbonyl (C=O) groups excluding carboxylic acids is 2. The second kappa shape index (κ2) is 39.5. The molecule has 49 heavy (non-hydrogen) atoms. The number of unbranched alkanes of at least 4 members (excludes halogenated alkanes) is 14. The summed E-state index contributed by atoms with van der Waals surface area (Å²) < 4.78 is 10.6. The lowest BCUT2D eigenvalue weighted by molar-refractivity contribution is -0.161. The third-order valence-electron chi connectivity index (χ3n) is 8.00. The number of aliphatic hydroxyl groups excluding tert-OH is 1. The van der Waals surface area contributed by atoms with Gasteiger partial charge in [0.1, 0.15) is 6.61 Å². The monoisotopic (exact) mass is 681 g/mol. The molecule has 5 heteroatoms. The van der Waals surface area contributed by atoms with E-state index in [-0.39, 0.29) is 25.2 Å². The van der Waals surface area contributed by atoms with Crippen LogP contribution in [-0.2, 0) is 19.1 Å². The zero-order chi connectivity index (χ0) is 35.7. The number of carbonyl (C=O) groups is 2. The highest BCUT2D eigenvalue weighted by Gasteiger charge is 2.16. The molecule has 0 aliphatic carbocycles. The van der Waals surface area contributed by atoms with E-state index >= 15 is 0 Å². The molecule has 1 atom stereocenters. The number of aliphatic hydroxyl groups is 1. The molecular formula is C44H72O5. The second-order valence-corrected chi connectivity index (χ2v) is 12.7. The third-order valence-corrected chi connectivity index (χ3v) is 8.00. The first kappa shape index (κ1) is 46.1. The first-order valence-electron chi connectivity index (χ1n) is 19.7. The van der Waals surface area contributed by atoms with Gasteiger partial charge in [0, 0.05) is 12.8 Å². The van der Waals surface area contributed by atoms with Crippen LogP contribution in [0.3, 0.4) is 0 Å². The van der Waals surface area contributed by atoms with Crippen molar-refractivity contribution in [2.75, 3.05) is 13.2 Å². The molecular weight excluding hydrogens is 608 g/mol. The summed E-state index contributed by atoms with van der Waals surface area (Å²) >= 11 is 0. The van der Waals surface area contributed by atoms with Crippen molar-refractivity contribution in [1.29, 1.82) is 0 Å². The van der Waals surface area contributed by atoms with E-state index in [2.05, 4.69) is 92.8 Å². The molecule has 0 aliphatic rings. The molecule has 0 rings (SSSR count). The summed E-state index contributed by atoms with van der Waals surface area (Å²) in [6, 6.07) is 0. The lowest BCUT2D eigenvalue weighted by Crippen LogP contribution is -2.28. The van der Waals surface area contributed by atoms with E-state index in [9.17, 15) is 14.7 Å². The average Bonchev–Trinajstić information content (AvgIpc) is 3.10. The summed E-state index contributed by atoms with van der Waals surface area (Å²) in [5, 5.41) is 9.55. The molecule has 0 saturated heterocycles. The lowest BCUT2D eigenvalue weighted by atomic mass is 10.1. The van der Waals surface area contributed by atoms with Crippen molar-refractivity contribution in [2.24, 2.45) is 0 Å². The summed E-state index contributed by atoms with van der Waals surface area (Å²) in [6.45, 7) is 3.85. The van der Waals surface area contributed by atoms with Crippen LogP contribution in [-0.4, -0.2) is 36.4 Å². The van der Waals surface area contributed by atoms with E-state index < -0.39 is 6.10 Å². The second-order valence-electron chi connectivity index (χ2n) is 12.7. The summed E-state index contributed by atoms with van der Waals surface area (Å²) in [6.07, 6.45) is 53.6. The average molecular weight is 681 g/mol. The number of allylic oxidation sites excluding steroid dienone is 14. The fourth-order valence-corrected chi connectivity index (χ4v) is 5.07. The van der Waals surface area contributed by atoms with Gasteiger partial charge in [0.2, 0.25) is 0 Å². The molecule has 0 radical (unpaired) electrons. The summed E-state index contributed by atoms with van der Waals surface area (Å²) in [4.78, 5) is 24.2. The lowest BCUT2D eigenvalue weighted by Gasteiger charge is -2.15. The van der Waals surface area contributed by atoms with E-state index in [1.165, 1.54) is 44.9 Å². The molecule has 0 spiro atoms. The Morgan fingerprint density at radius 1 is 0.490 bits per heavy atom. The van der Waals surface area contributed by atoms with Crippen LogP contribution < -0.4 is 0 Å². The smallest absolute Gasteiger partial charge is 0.306 e. The molecule has 0 aromatic carbocycles. The molecule has 0 amide bonds. The minimum Gasteiger partial charge on any atom is -0.462 e. The number of rotatable bonds is 34. The first-order chi connectivity index (χ1) is 24.1. The Kier molecular flexibility index (Phi) is 37.2. The molecule has 0 heterocycles. The van der Waals surface area contributed by atoms with Crippen molar-refractivity contribution in [3.63, 3.8) is 0 Å². The summed E-state index contributed by atoms with van der Waals surface area (Å²) in [5.74, 6) is -0.630.